The Hall–Kier alpha value is -3.48. The summed E-state index contributed by atoms with van der Waals surface area (Å²) in [6.45, 7) is 1.32. The third kappa shape index (κ3) is 4.76. The second-order valence-corrected chi connectivity index (χ2v) is 5.30. The van der Waals surface area contributed by atoms with Gasteiger partial charge >= 0.3 is 12.1 Å². The number of amides is 2. The van der Waals surface area contributed by atoms with Crippen molar-refractivity contribution in [3.05, 3.63) is 71.3 Å². The maximum absolute atomic E-state index is 12.3. The van der Waals surface area contributed by atoms with E-state index < -0.39 is 24.1 Å². The highest BCUT2D eigenvalue weighted by molar-refractivity contribution is 6.09. The van der Waals surface area contributed by atoms with Crippen LogP contribution in [0.2, 0.25) is 0 Å². The number of ether oxygens (including phenoxy) is 2. The first-order valence-corrected chi connectivity index (χ1v) is 7.72. The van der Waals surface area contributed by atoms with E-state index in [0.717, 1.165) is 7.11 Å². The van der Waals surface area contributed by atoms with Crippen LogP contribution in [0.15, 0.2) is 54.6 Å². The van der Waals surface area contributed by atoms with Crippen molar-refractivity contribution >= 4 is 23.8 Å². The van der Waals surface area contributed by atoms with Crippen molar-refractivity contribution in [1.82, 2.24) is 5.32 Å². The van der Waals surface area contributed by atoms with Gasteiger partial charge < -0.3 is 9.47 Å². The van der Waals surface area contributed by atoms with Crippen LogP contribution in [0.1, 0.15) is 33.2 Å². The number of alkyl carbamates (subject to hydrolysis) is 1. The average molecular weight is 355 g/mol. The molecule has 26 heavy (non-hydrogen) atoms. The number of imide groups is 1. The lowest BCUT2D eigenvalue weighted by Gasteiger charge is -2.12. The van der Waals surface area contributed by atoms with Gasteiger partial charge in [-0.05, 0) is 19.1 Å². The van der Waals surface area contributed by atoms with Gasteiger partial charge in [0, 0.05) is 11.1 Å². The van der Waals surface area contributed by atoms with Crippen molar-refractivity contribution in [2.45, 2.75) is 13.0 Å². The minimum Gasteiger partial charge on any atom is -0.453 e. The minimum absolute atomic E-state index is 0.170. The SMILES string of the molecule is COC(=O)NC(=O)[C@@H](C)OC(=O)c1ccc(C(=O)c2ccccc2)cc1. The highest BCUT2D eigenvalue weighted by atomic mass is 16.6. The summed E-state index contributed by atoms with van der Waals surface area (Å²) in [5.74, 6) is -1.73. The van der Waals surface area contributed by atoms with Crippen molar-refractivity contribution in [3.63, 3.8) is 0 Å². The molecule has 7 heteroatoms. The van der Waals surface area contributed by atoms with Crippen molar-refractivity contribution < 1.29 is 28.7 Å². The number of ketones is 1. The van der Waals surface area contributed by atoms with Crippen molar-refractivity contribution in [2.75, 3.05) is 7.11 Å². The summed E-state index contributed by atoms with van der Waals surface area (Å²) in [5.41, 5.74) is 1.13. The van der Waals surface area contributed by atoms with E-state index in [1.165, 1.54) is 31.2 Å². The molecule has 1 N–H and O–H groups in total. The predicted molar refractivity (Wildman–Crippen MR) is 91.7 cm³/mol. The van der Waals surface area contributed by atoms with E-state index in [4.69, 9.17) is 4.74 Å². The van der Waals surface area contributed by atoms with Crippen LogP contribution >= 0.6 is 0 Å². The van der Waals surface area contributed by atoms with Crippen molar-refractivity contribution in [1.29, 1.82) is 0 Å². The molecule has 0 heterocycles. The van der Waals surface area contributed by atoms with Crippen LogP contribution in [0.3, 0.4) is 0 Å². The summed E-state index contributed by atoms with van der Waals surface area (Å²) in [6, 6.07) is 14.6. The van der Waals surface area contributed by atoms with Gasteiger partial charge in [-0.1, -0.05) is 42.5 Å². The molecule has 0 radical (unpaired) electrons. The Morgan fingerprint density at radius 3 is 1.96 bits per heavy atom. The maximum atomic E-state index is 12.3. The largest absolute Gasteiger partial charge is 0.453 e. The van der Waals surface area contributed by atoms with Crippen LogP contribution in [0.4, 0.5) is 4.79 Å². The lowest BCUT2D eigenvalue weighted by atomic mass is 10.0. The molecule has 2 rings (SSSR count). The number of methoxy groups -OCH3 is 1. The summed E-state index contributed by atoms with van der Waals surface area (Å²) in [7, 11) is 1.11. The third-order valence-electron chi connectivity index (χ3n) is 3.48. The number of esters is 1. The lowest BCUT2D eigenvalue weighted by Crippen LogP contribution is -2.39. The Morgan fingerprint density at radius 2 is 1.38 bits per heavy atom. The van der Waals surface area contributed by atoms with Crippen LogP contribution in [0.25, 0.3) is 0 Å². The van der Waals surface area contributed by atoms with Gasteiger partial charge in [-0.3, -0.25) is 14.9 Å². The van der Waals surface area contributed by atoms with Gasteiger partial charge in [0.25, 0.3) is 5.91 Å². The molecule has 2 amide bonds. The monoisotopic (exact) mass is 355 g/mol. The Morgan fingerprint density at radius 1 is 0.846 bits per heavy atom. The molecule has 0 aliphatic carbocycles. The molecule has 0 aliphatic heterocycles. The van der Waals surface area contributed by atoms with E-state index in [1.807, 2.05) is 11.4 Å². The van der Waals surface area contributed by atoms with E-state index in [-0.39, 0.29) is 11.3 Å². The van der Waals surface area contributed by atoms with E-state index in [9.17, 15) is 19.2 Å². The number of carbonyl (C=O) groups excluding carboxylic acids is 4. The summed E-state index contributed by atoms with van der Waals surface area (Å²) < 4.78 is 9.27. The smallest absolute Gasteiger partial charge is 0.413 e. The normalized spacial score (nSPS) is 11.2. The van der Waals surface area contributed by atoms with Crippen LogP contribution in [-0.4, -0.2) is 37.0 Å². The first-order valence-electron chi connectivity index (χ1n) is 7.72. The first kappa shape index (κ1) is 18.9. The lowest BCUT2D eigenvalue weighted by molar-refractivity contribution is -0.128. The second kappa shape index (κ2) is 8.57. The van der Waals surface area contributed by atoms with E-state index in [0.29, 0.717) is 11.1 Å². The van der Waals surface area contributed by atoms with Gasteiger partial charge in [0.05, 0.1) is 12.7 Å². The van der Waals surface area contributed by atoms with Gasteiger partial charge in [-0.15, -0.1) is 0 Å². The molecule has 0 aliphatic rings. The van der Waals surface area contributed by atoms with Crippen LogP contribution in [0, 0.1) is 0 Å². The highest BCUT2D eigenvalue weighted by Crippen LogP contribution is 2.12. The third-order valence-corrected chi connectivity index (χ3v) is 3.48. The number of hydrogen-bond acceptors (Lipinski definition) is 6. The molecule has 0 saturated heterocycles. The average Bonchev–Trinajstić information content (AvgIpc) is 2.67. The zero-order chi connectivity index (χ0) is 19.1. The minimum atomic E-state index is -1.19. The molecule has 0 aromatic heterocycles. The molecule has 0 saturated carbocycles. The zero-order valence-corrected chi connectivity index (χ0v) is 14.2. The van der Waals surface area contributed by atoms with Gasteiger partial charge in [0.2, 0.25) is 0 Å². The Labute approximate surface area is 149 Å². The molecule has 0 unspecified atom stereocenters. The Balaban J connectivity index is 2.01. The van der Waals surface area contributed by atoms with E-state index in [2.05, 4.69) is 4.74 Å². The summed E-state index contributed by atoms with van der Waals surface area (Å²) in [6.07, 6.45) is -2.13. The number of nitrogens with one attached hydrogen (secondary N) is 1. The quantitative estimate of drug-likeness (QED) is 0.653. The Kier molecular flexibility index (Phi) is 6.21. The summed E-state index contributed by atoms with van der Waals surface area (Å²) in [4.78, 5) is 47.0. The zero-order valence-electron chi connectivity index (χ0n) is 14.2. The number of rotatable bonds is 5. The van der Waals surface area contributed by atoms with E-state index >= 15 is 0 Å². The van der Waals surface area contributed by atoms with Crippen LogP contribution in [0.5, 0.6) is 0 Å². The second-order valence-electron chi connectivity index (χ2n) is 5.30. The van der Waals surface area contributed by atoms with Crippen molar-refractivity contribution in [3.8, 4) is 0 Å². The van der Waals surface area contributed by atoms with Gasteiger partial charge in [0.1, 0.15) is 0 Å². The number of hydrogen-bond donors (Lipinski definition) is 1. The molecular formula is C19H17NO6. The molecule has 2 aromatic carbocycles. The first-order chi connectivity index (χ1) is 12.4. The van der Waals surface area contributed by atoms with Crippen LogP contribution < -0.4 is 5.32 Å². The fourth-order valence-electron chi connectivity index (χ4n) is 2.05. The van der Waals surface area contributed by atoms with E-state index in [1.54, 1.807) is 24.3 Å². The van der Waals surface area contributed by atoms with Gasteiger partial charge in [-0.25, -0.2) is 9.59 Å². The fraction of sp³-hybridized carbons (Fsp3) is 0.158. The highest BCUT2D eigenvalue weighted by Gasteiger charge is 2.21. The number of carbonyl (C=O) groups is 4. The Bertz CT molecular complexity index is 814. The van der Waals surface area contributed by atoms with Crippen LogP contribution in [-0.2, 0) is 14.3 Å². The topological polar surface area (TPSA) is 98.8 Å². The molecular weight excluding hydrogens is 338 g/mol. The molecule has 0 fully saturated rings. The molecule has 0 bridgehead atoms. The fourth-order valence-corrected chi connectivity index (χ4v) is 2.05. The maximum Gasteiger partial charge on any atom is 0.413 e. The molecule has 1 atom stereocenters. The van der Waals surface area contributed by atoms with Gasteiger partial charge in [0.15, 0.2) is 11.9 Å². The predicted octanol–water partition coefficient (Wildman–Crippen LogP) is 2.35. The molecule has 2 aromatic rings. The molecule has 134 valence electrons. The summed E-state index contributed by atoms with van der Waals surface area (Å²) in [5, 5.41) is 1.91. The number of benzene rings is 2. The van der Waals surface area contributed by atoms with Crippen molar-refractivity contribution in [2.24, 2.45) is 0 Å². The van der Waals surface area contributed by atoms with Gasteiger partial charge in [-0.2, -0.15) is 0 Å². The standard InChI is InChI=1S/C19H17NO6/c1-12(17(22)20-19(24)25-2)26-18(23)15-10-8-14(9-11-15)16(21)13-6-4-3-5-7-13/h3-12H,1-2H3,(H,20,22,24)/t12-/m1/s1. The molecule has 7 nitrogen and oxygen atoms in total. The molecule has 0 spiro atoms. The summed E-state index contributed by atoms with van der Waals surface area (Å²) >= 11 is 0.